The summed E-state index contributed by atoms with van der Waals surface area (Å²) in [4.78, 5) is 25.9. The maximum atomic E-state index is 12.3. The van der Waals surface area contributed by atoms with Crippen molar-refractivity contribution in [1.82, 2.24) is 4.90 Å². The quantitative estimate of drug-likeness (QED) is 0.855. The van der Waals surface area contributed by atoms with Crippen molar-refractivity contribution in [3.8, 4) is 0 Å². The molecule has 3 unspecified atom stereocenters. The summed E-state index contributed by atoms with van der Waals surface area (Å²) in [5.41, 5.74) is -0.973. The molecule has 2 rings (SSSR count). The van der Waals surface area contributed by atoms with Gasteiger partial charge in [-0.1, -0.05) is 33.6 Å². The van der Waals surface area contributed by atoms with E-state index in [1.54, 1.807) is 4.90 Å². The van der Waals surface area contributed by atoms with Gasteiger partial charge in [0.05, 0.1) is 0 Å². The van der Waals surface area contributed by atoms with Gasteiger partial charge in [-0.3, -0.25) is 4.79 Å². The van der Waals surface area contributed by atoms with E-state index in [4.69, 9.17) is 0 Å². The molecule has 1 N–H and O–H groups in total. The normalized spacial score (nSPS) is 36.0. The van der Waals surface area contributed by atoms with Gasteiger partial charge in [-0.05, 0) is 31.1 Å². The first-order chi connectivity index (χ1) is 8.89. The minimum Gasteiger partial charge on any atom is -0.479 e. The molecule has 1 saturated heterocycles. The Kier molecular flexibility index (Phi) is 3.88. The third kappa shape index (κ3) is 2.26. The Morgan fingerprint density at radius 3 is 2.63 bits per heavy atom. The van der Waals surface area contributed by atoms with Crippen molar-refractivity contribution in [2.24, 2.45) is 11.8 Å². The van der Waals surface area contributed by atoms with Crippen molar-refractivity contribution < 1.29 is 14.7 Å². The van der Waals surface area contributed by atoms with Crippen LogP contribution in [0.1, 0.15) is 59.3 Å². The molecule has 1 aliphatic carbocycles. The molecule has 4 nitrogen and oxygen atoms in total. The van der Waals surface area contributed by atoms with E-state index in [2.05, 4.69) is 6.92 Å². The highest BCUT2D eigenvalue weighted by Crippen LogP contribution is 2.42. The molecule has 0 aromatic heterocycles. The summed E-state index contributed by atoms with van der Waals surface area (Å²) in [6.07, 6.45) is 5.05. The van der Waals surface area contributed by atoms with E-state index in [1.165, 1.54) is 6.42 Å². The Hall–Kier alpha value is -1.06. The molecular formula is C15H25NO3. The van der Waals surface area contributed by atoms with Gasteiger partial charge >= 0.3 is 5.97 Å². The third-order valence-electron chi connectivity index (χ3n) is 5.02. The number of amides is 1. The van der Waals surface area contributed by atoms with Crippen molar-refractivity contribution in [3.05, 3.63) is 0 Å². The summed E-state index contributed by atoms with van der Waals surface area (Å²) in [7, 11) is 0. The molecule has 1 heterocycles. The van der Waals surface area contributed by atoms with Gasteiger partial charge in [0, 0.05) is 12.5 Å². The maximum Gasteiger partial charge on any atom is 0.329 e. The molecule has 4 heteroatoms. The van der Waals surface area contributed by atoms with Gasteiger partial charge in [0.15, 0.2) is 0 Å². The molecule has 0 aromatic rings. The average molecular weight is 267 g/mol. The van der Waals surface area contributed by atoms with Crippen molar-refractivity contribution >= 4 is 11.9 Å². The second kappa shape index (κ2) is 5.14. The second-order valence-corrected chi connectivity index (χ2v) is 6.57. The number of nitrogens with zero attached hydrogens (tertiary/aromatic N) is 1. The lowest BCUT2D eigenvalue weighted by Gasteiger charge is -2.45. The van der Waals surface area contributed by atoms with Gasteiger partial charge in [-0.15, -0.1) is 0 Å². The standard InChI is InChI=1S/C15H25NO3/c1-10(2)15(14(18)19)8-7-13(17)16(15)12-6-4-5-11(3)9-12/h10-12H,4-9H2,1-3H3,(H,18,19). The Bertz CT molecular complexity index is 380. The number of carbonyl (C=O) groups excluding carboxylic acids is 1. The van der Waals surface area contributed by atoms with Crippen molar-refractivity contribution in [2.45, 2.75) is 70.9 Å². The lowest BCUT2D eigenvalue weighted by molar-refractivity contribution is -0.161. The number of aliphatic carboxylic acids is 1. The first-order valence-corrected chi connectivity index (χ1v) is 7.45. The van der Waals surface area contributed by atoms with E-state index in [1.807, 2.05) is 13.8 Å². The molecule has 2 aliphatic rings. The summed E-state index contributed by atoms with van der Waals surface area (Å²) < 4.78 is 0. The lowest BCUT2D eigenvalue weighted by atomic mass is 9.79. The zero-order valence-electron chi connectivity index (χ0n) is 12.2. The first-order valence-electron chi connectivity index (χ1n) is 7.45. The number of carboxylic acids is 1. The number of carboxylic acid groups (broad SMARTS) is 1. The smallest absolute Gasteiger partial charge is 0.329 e. The Morgan fingerprint density at radius 1 is 1.42 bits per heavy atom. The molecule has 108 valence electrons. The third-order valence-corrected chi connectivity index (χ3v) is 5.02. The first kappa shape index (κ1) is 14.4. The van der Waals surface area contributed by atoms with Crippen molar-refractivity contribution in [2.75, 3.05) is 0 Å². The van der Waals surface area contributed by atoms with E-state index < -0.39 is 11.5 Å². The van der Waals surface area contributed by atoms with Crippen LogP contribution in [0.4, 0.5) is 0 Å². The van der Waals surface area contributed by atoms with Crippen LogP contribution >= 0.6 is 0 Å². The van der Waals surface area contributed by atoms with Gasteiger partial charge < -0.3 is 10.0 Å². The fourth-order valence-corrected chi connectivity index (χ4v) is 3.95. The summed E-state index contributed by atoms with van der Waals surface area (Å²) in [6, 6.07) is 0.122. The van der Waals surface area contributed by atoms with Crippen LogP contribution in [0.2, 0.25) is 0 Å². The largest absolute Gasteiger partial charge is 0.479 e. The Labute approximate surface area is 115 Å². The molecule has 3 atom stereocenters. The summed E-state index contributed by atoms with van der Waals surface area (Å²) >= 11 is 0. The number of hydrogen-bond donors (Lipinski definition) is 1. The zero-order valence-corrected chi connectivity index (χ0v) is 12.2. The van der Waals surface area contributed by atoms with E-state index >= 15 is 0 Å². The molecular weight excluding hydrogens is 242 g/mol. The van der Waals surface area contributed by atoms with Crippen LogP contribution in [0.5, 0.6) is 0 Å². The minimum absolute atomic E-state index is 0.0372. The van der Waals surface area contributed by atoms with Crippen molar-refractivity contribution in [3.63, 3.8) is 0 Å². The van der Waals surface area contributed by atoms with Crippen LogP contribution in [0, 0.1) is 11.8 Å². The van der Waals surface area contributed by atoms with E-state index in [9.17, 15) is 14.7 Å². The average Bonchev–Trinajstić information content (AvgIpc) is 2.68. The van der Waals surface area contributed by atoms with Gasteiger partial charge in [-0.25, -0.2) is 4.79 Å². The molecule has 19 heavy (non-hydrogen) atoms. The van der Waals surface area contributed by atoms with Crippen LogP contribution in [-0.2, 0) is 9.59 Å². The maximum absolute atomic E-state index is 12.3. The SMILES string of the molecule is CC1CCCC(N2C(=O)CCC2(C(=O)O)C(C)C)C1. The fourth-order valence-electron chi connectivity index (χ4n) is 3.95. The highest BCUT2D eigenvalue weighted by Gasteiger charge is 2.55. The Morgan fingerprint density at radius 2 is 2.11 bits per heavy atom. The molecule has 0 aromatic carbocycles. The molecule has 2 fully saturated rings. The van der Waals surface area contributed by atoms with Gasteiger partial charge in [0.1, 0.15) is 5.54 Å². The minimum atomic E-state index is -0.973. The van der Waals surface area contributed by atoms with E-state index in [-0.39, 0.29) is 17.9 Å². The Balaban J connectivity index is 2.33. The molecule has 0 radical (unpaired) electrons. The van der Waals surface area contributed by atoms with Crippen LogP contribution in [0.3, 0.4) is 0 Å². The van der Waals surface area contributed by atoms with Gasteiger partial charge in [-0.2, -0.15) is 0 Å². The predicted molar refractivity (Wildman–Crippen MR) is 72.7 cm³/mol. The van der Waals surface area contributed by atoms with E-state index in [0.717, 1.165) is 19.3 Å². The number of carbonyl (C=O) groups is 2. The highest BCUT2D eigenvalue weighted by molar-refractivity contribution is 5.91. The fraction of sp³-hybridized carbons (Fsp3) is 0.867. The van der Waals surface area contributed by atoms with Crippen LogP contribution in [0.25, 0.3) is 0 Å². The monoisotopic (exact) mass is 267 g/mol. The zero-order chi connectivity index (χ0) is 14.2. The summed E-state index contributed by atoms with van der Waals surface area (Å²) in [6.45, 7) is 6.04. The molecule has 0 spiro atoms. The van der Waals surface area contributed by atoms with Crippen LogP contribution in [0.15, 0.2) is 0 Å². The number of hydrogen-bond acceptors (Lipinski definition) is 2. The molecule has 1 aliphatic heterocycles. The van der Waals surface area contributed by atoms with E-state index in [0.29, 0.717) is 18.8 Å². The summed E-state index contributed by atoms with van der Waals surface area (Å²) in [5.74, 6) is -0.249. The topological polar surface area (TPSA) is 57.6 Å². The van der Waals surface area contributed by atoms with Crippen LogP contribution in [-0.4, -0.2) is 33.5 Å². The van der Waals surface area contributed by atoms with Crippen molar-refractivity contribution in [1.29, 1.82) is 0 Å². The van der Waals surface area contributed by atoms with Crippen LogP contribution < -0.4 is 0 Å². The predicted octanol–water partition coefficient (Wildman–Crippen LogP) is 2.67. The molecule has 1 saturated carbocycles. The number of rotatable bonds is 3. The van der Waals surface area contributed by atoms with Gasteiger partial charge in [0.2, 0.25) is 5.91 Å². The molecule has 0 bridgehead atoms. The lowest BCUT2D eigenvalue weighted by Crippen LogP contribution is -2.59. The summed E-state index contributed by atoms with van der Waals surface area (Å²) in [5, 5.41) is 9.73. The number of likely N-dealkylation sites (tertiary alicyclic amines) is 1. The molecule has 1 amide bonds. The highest BCUT2D eigenvalue weighted by atomic mass is 16.4. The van der Waals surface area contributed by atoms with Gasteiger partial charge in [0.25, 0.3) is 0 Å². The second-order valence-electron chi connectivity index (χ2n) is 6.57.